The summed E-state index contributed by atoms with van der Waals surface area (Å²) in [4.78, 5) is 5.32. The Balaban J connectivity index is 1.88. The van der Waals surface area contributed by atoms with E-state index in [-0.39, 0.29) is 0 Å². The molecule has 1 atom stereocenters. The summed E-state index contributed by atoms with van der Waals surface area (Å²) in [6.07, 6.45) is 3.47. The van der Waals surface area contributed by atoms with Crippen LogP contribution >= 0.6 is 27.3 Å². The second kappa shape index (κ2) is 6.86. The lowest BCUT2D eigenvalue weighted by molar-refractivity contribution is 0.380. The van der Waals surface area contributed by atoms with Crippen molar-refractivity contribution < 1.29 is 0 Å². The Kier molecular flexibility index (Phi) is 5.39. The first-order valence-corrected chi connectivity index (χ1v) is 8.90. The van der Waals surface area contributed by atoms with E-state index in [2.05, 4.69) is 66.3 Å². The van der Waals surface area contributed by atoms with Crippen molar-refractivity contribution in [1.29, 1.82) is 0 Å². The molecule has 1 unspecified atom stereocenters. The third kappa shape index (κ3) is 4.42. The third-order valence-electron chi connectivity index (χ3n) is 3.41. The van der Waals surface area contributed by atoms with E-state index in [0.717, 1.165) is 12.1 Å². The molecular weight excluding hydrogens is 330 g/mol. The van der Waals surface area contributed by atoms with Crippen molar-refractivity contribution >= 4 is 27.3 Å². The number of alkyl halides is 1. The van der Waals surface area contributed by atoms with Gasteiger partial charge in [-0.3, -0.25) is 0 Å². The Morgan fingerprint density at radius 1 is 1.20 bits per heavy atom. The maximum Gasteiger partial charge on any atom is 0.0932 e. The van der Waals surface area contributed by atoms with Gasteiger partial charge in [-0.1, -0.05) is 67.0 Å². The molecule has 0 aliphatic heterocycles. The van der Waals surface area contributed by atoms with Crippen LogP contribution in [0.15, 0.2) is 35.7 Å². The van der Waals surface area contributed by atoms with Crippen molar-refractivity contribution in [2.45, 2.75) is 44.9 Å². The minimum Gasteiger partial charge on any atom is -0.241 e. The van der Waals surface area contributed by atoms with Crippen LogP contribution in [0.1, 0.15) is 38.6 Å². The first kappa shape index (κ1) is 15.7. The quantitative estimate of drug-likeness (QED) is 0.607. The number of thiazole rings is 1. The van der Waals surface area contributed by atoms with Gasteiger partial charge in [0.2, 0.25) is 0 Å². The van der Waals surface area contributed by atoms with E-state index in [9.17, 15) is 0 Å². The van der Waals surface area contributed by atoms with Gasteiger partial charge in [0, 0.05) is 15.8 Å². The average molecular weight is 352 g/mol. The third-order valence-corrected chi connectivity index (χ3v) is 6.15. The van der Waals surface area contributed by atoms with Crippen LogP contribution in [0.4, 0.5) is 0 Å². The zero-order chi connectivity index (χ0) is 14.6. The van der Waals surface area contributed by atoms with Gasteiger partial charge in [0.1, 0.15) is 0 Å². The zero-order valence-electron chi connectivity index (χ0n) is 12.4. The summed E-state index contributed by atoms with van der Waals surface area (Å²) < 4.78 is 0. The van der Waals surface area contributed by atoms with Crippen LogP contribution in [0.2, 0.25) is 0 Å². The number of hydrogen-bond acceptors (Lipinski definition) is 2. The molecule has 1 nitrogen and oxygen atoms in total. The monoisotopic (exact) mass is 351 g/mol. The number of aryl methyl sites for hydroxylation is 1. The van der Waals surface area contributed by atoms with Gasteiger partial charge in [-0.25, -0.2) is 4.98 Å². The smallest absolute Gasteiger partial charge is 0.0932 e. The van der Waals surface area contributed by atoms with E-state index in [1.165, 1.54) is 23.4 Å². The molecule has 0 fully saturated rings. The fourth-order valence-corrected chi connectivity index (χ4v) is 3.21. The van der Waals surface area contributed by atoms with Crippen LogP contribution < -0.4 is 0 Å². The molecule has 1 heterocycles. The lowest BCUT2D eigenvalue weighted by Gasteiger charge is -2.25. The summed E-state index contributed by atoms with van der Waals surface area (Å²) in [5, 5.41) is 3.41. The van der Waals surface area contributed by atoms with Gasteiger partial charge in [-0.2, -0.15) is 0 Å². The van der Waals surface area contributed by atoms with E-state index in [0.29, 0.717) is 10.2 Å². The lowest BCUT2D eigenvalue weighted by Crippen LogP contribution is -2.20. The molecule has 0 saturated carbocycles. The molecule has 2 aromatic rings. The fraction of sp³-hybridized carbons (Fsp3) is 0.471. The molecule has 0 amide bonds. The zero-order valence-corrected chi connectivity index (χ0v) is 14.8. The molecule has 108 valence electrons. The van der Waals surface area contributed by atoms with Crippen LogP contribution in [0.5, 0.6) is 0 Å². The van der Waals surface area contributed by atoms with Gasteiger partial charge in [0.05, 0.1) is 10.7 Å². The van der Waals surface area contributed by atoms with Crippen LogP contribution in [-0.4, -0.2) is 9.81 Å². The maximum absolute atomic E-state index is 4.74. The van der Waals surface area contributed by atoms with Gasteiger partial charge < -0.3 is 0 Å². The first-order valence-electron chi connectivity index (χ1n) is 7.11. The van der Waals surface area contributed by atoms with Crippen molar-refractivity contribution in [3.05, 3.63) is 40.7 Å². The van der Waals surface area contributed by atoms with Crippen LogP contribution in [0.25, 0.3) is 11.3 Å². The Bertz CT molecular complexity index is 527. The second-order valence-electron chi connectivity index (χ2n) is 6.22. The van der Waals surface area contributed by atoms with Crippen LogP contribution in [0.3, 0.4) is 0 Å². The molecule has 1 aromatic heterocycles. The average Bonchev–Trinajstić information content (AvgIpc) is 2.87. The van der Waals surface area contributed by atoms with Crippen molar-refractivity contribution in [2.75, 3.05) is 0 Å². The number of nitrogens with zero attached hydrogens (tertiary/aromatic N) is 1. The Morgan fingerprint density at radius 2 is 1.90 bits per heavy atom. The molecule has 0 aliphatic rings. The highest BCUT2D eigenvalue weighted by atomic mass is 79.9. The predicted octanol–water partition coefficient (Wildman–Crippen LogP) is 5.94. The molecule has 0 bridgehead atoms. The summed E-state index contributed by atoms with van der Waals surface area (Å²) in [7, 11) is 0. The maximum atomic E-state index is 4.74. The molecule has 2 rings (SSSR count). The molecule has 0 aliphatic carbocycles. The molecule has 0 spiro atoms. The normalized spacial score (nSPS) is 13.4. The number of aromatic nitrogens is 1. The number of halogens is 1. The lowest BCUT2D eigenvalue weighted by atomic mass is 9.89. The molecule has 0 saturated heterocycles. The Hall–Kier alpha value is -0.670. The van der Waals surface area contributed by atoms with Crippen LogP contribution in [-0.2, 0) is 6.42 Å². The molecule has 0 N–H and O–H groups in total. The van der Waals surface area contributed by atoms with Crippen molar-refractivity contribution in [1.82, 2.24) is 4.98 Å². The largest absolute Gasteiger partial charge is 0.241 e. The van der Waals surface area contributed by atoms with Crippen molar-refractivity contribution in [3.8, 4) is 11.3 Å². The summed E-state index contributed by atoms with van der Waals surface area (Å²) in [5.41, 5.74) is 2.65. The van der Waals surface area contributed by atoms with Gasteiger partial charge in [-0.05, 0) is 24.7 Å². The van der Waals surface area contributed by atoms with E-state index in [4.69, 9.17) is 4.98 Å². The summed E-state index contributed by atoms with van der Waals surface area (Å²) in [5.74, 6) is 0. The van der Waals surface area contributed by atoms with E-state index in [1.807, 2.05) is 6.07 Å². The summed E-state index contributed by atoms with van der Waals surface area (Å²) >= 11 is 5.57. The highest BCUT2D eigenvalue weighted by Gasteiger charge is 2.21. The summed E-state index contributed by atoms with van der Waals surface area (Å²) in [6.45, 7) is 6.84. The summed E-state index contributed by atoms with van der Waals surface area (Å²) in [6, 6.07) is 10.4. The first-order chi connectivity index (χ1) is 9.47. The van der Waals surface area contributed by atoms with Crippen molar-refractivity contribution in [3.63, 3.8) is 0 Å². The van der Waals surface area contributed by atoms with E-state index < -0.39 is 0 Å². The highest BCUT2D eigenvalue weighted by molar-refractivity contribution is 9.09. The van der Waals surface area contributed by atoms with Gasteiger partial charge in [0.15, 0.2) is 0 Å². The molecular formula is C17H22BrNS. The topological polar surface area (TPSA) is 12.9 Å². The fourth-order valence-electron chi connectivity index (χ4n) is 2.03. The number of hydrogen-bond donors (Lipinski definition) is 0. The van der Waals surface area contributed by atoms with Gasteiger partial charge in [-0.15, -0.1) is 11.3 Å². The minimum atomic E-state index is 0.331. The van der Waals surface area contributed by atoms with E-state index >= 15 is 0 Å². The van der Waals surface area contributed by atoms with E-state index in [1.54, 1.807) is 11.3 Å². The predicted molar refractivity (Wildman–Crippen MR) is 92.7 cm³/mol. The second-order valence-corrected chi connectivity index (χ2v) is 8.27. The standard InChI is InChI=1S/C17H22BrNS/c1-17(2,3)15(18)10-7-11-16-19-14(12-20-16)13-8-5-4-6-9-13/h4-6,8-9,12,15H,7,10-11H2,1-3H3. The van der Waals surface area contributed by atoms with Crippen LogP contribution in [0, 0.1) is 5.41 Å². The Labute approximate surface area is 134 Å². The minimum absolute atomic E-state index is 0.331. The number of rotatable bonds is 5. The van der Waals surface area contributed by atoms with Gasteiger partial charge >= 0.3 is 0 Å². The highest BCUT2D eigenvalue weighted by Crippen LogP contribution is 2.30. The molecule has 20 heavy (non-hydrogen) atoms. The van der Waals surface area contributed by atoms with Gasteiger partial charge in [0.25, 0.3) is 0 Å². The molecule has 1 aromatic carbocycles. The van der Waals surface area contributed by atoms with Crippen molar-refractivity contribution in [2.24, 2.45) is 5.41 Å². The SMILES string of the molecule is CC(C)(C)C(Br)CCCc1nc(-c2ccccc2)cs1. The Morgan fingerprint density at radius 3 is 2.55 bits per heavy atom. The molecule has 0 radical (unpaired) electrons. The number of benzene rings is 1. The molecule has 3 heteroatoms.